The summed E-state index contributed by atoms with van der Waals surface area (Å²) in [5.74, 6) is -2.07. The summed E-state index contributed by atoms with van der Waals surface area (Å²) in [6.07, 6.45) is 1.14. The number of halogens is 2. The van der Waals surface area contributed by atoms with Gasteiger partial charge in [0.25, 0.3) is 0 Å². The molecule has 26 heavy (non-hydrogen) atoms. The van der Waals surface area contributed by atoms with Crippen molar-refractivity contribution in [3.05, 3.63) is 77.0 Å². The molecule has 126 valence electrons. The molecule has 0 radical (unpaired) electrons. The minimum Gasteiger partial charge on any atom is -0.382 e. The van der Waals surface area contributed by atoms with E-state index in [1.165, 1.54) is 16.8 Å². The Morgan fingerprint density at radius 3 is 2.46 bits per heavy atom. The fourth-order valence-corrected chi connectivity index (χ4v) is 2.44. The molecule has 0 saturated carbocycles. The van der Waals surface area contributed by atoms with Crippen molar-refractivity contribution in [2.75, 3.05) is 5.73 Å². The number of nitrogens with two attached hydrogens (primary N) is 1. The van der Waals surface area contributed by atoms with Crippen LogP contribution in [0.4, 0.5) is 14.6 Å². The SMILES string of the molecule is N#CC(=Cc1cccc(F)c1F)c1nn(-c2ccccc2)c(N)c1C#N. The summed E-state index contributed by atoms with van der Waals surface area (Å²) in [5.41, 5.74) is 6.35. The standard InChI is InChI=1S/C19H11F2N5/c20-16-8-4-5-12(17(16)21)9-13(10-22)18-15(11-23)19(24)26(25-18)14-6-2-1-3-7-14/h1-9H,24H2. The number of aromatic nitrogens is 2. The molecule has 1 heterocycles. The highest BCUT2D eigenvalue weighted by Gasteiger charge is 2.20. The van der Waals surface area contributed by atoms with Gasteiger partial charge in [0.2, 0.25) is 0 Å². The minimum absolute atomic E-state index is 0.0000132. The summed E-state index contributed by atoms with van der Waals surface area (Å²) >= 11 is 0. The Morgan fingerprint density at radius 2 is 1.81 bits per heavy atom. The highest BCUT2D eigenvalue weighted by atomic mass is 19.2. The fraction of sp³-hybridized carbons (Fsp3) is 0. The van der Waals surface area contributed by atoms with Gasteiger partial charge in [-0.25, -0.2) is 13.5 Å². The van der Waals surface area contributed by atoms with Crippen molar-refractivity contribution in [3.63, 3.8) is 0 Å². The molecule has 0 aliphatic carbocycles. The van der Waals surface area contributed by atoms with Crippen LogP contribution in [0.25, 0.3) is 17.3 Å². The fourth-order valence-electron chi connectivity index (χ4n) is 2.44. The maximum absolute atomic E-state index is 13.9. The first-order valence-corrected chi connectivity index (χ1v) is 7.47. The van der Waals surface area contributed by atoms with E-state index in [0.717, 1.165) is 12.1 Å². The third kappa shape index (κ3) is 2.90. The summed E-state index contributed by atoms with van der Waals surface area (Å²) in [6.45, 7) is 0. The van der Waals surface area contributed by atoms with Crippen LogP contribution in [0.15, 0.2) is 48.5 Å². The van der Waals surface area contributed by atoms with Gasteiger partial charge in [-0.1, -0.05) is 30.3 Å². The summed E-state index contributed by atoms with van der Waals surface area (Å²) in [4.78, 5) is 0. The van der Waals surface area contributed by atoms with Crippen LogP contribution in [0.3, 0.4) is 0 Å². The summed E-state index contributed by atoms with van der Waals surface area (Å²) < 4.78 is 28.6. The molecule has 0 aliphatic heterocycles. The smallest absolute Gasteiger partial charge is 0.166 e. The van der Waals surface area contributed by atoms with Gasteiger partial charge >= 0.3 is 0 Å². The average molecular weight is 347 g/mol. The van der Waals surface area contributed by atoms with E-state index in [0.29, 0.717) is 5.69 Å². The molecule has 0 saturated heterocycles. The van der Waals surface area contributed by atoms with Crippen molar-refractivity contribution in [1.82, 2.24) is 9.78 Å². The molecule has 7 heteroatoms. The molecule has 3 aromatic rings. The number of nitriles is 2. The monoisotopic (exact) mass is 347 g/mol. The Kier molecular flexibility index (Phi) is 4.46. The van der Waals surface area contributed by atoms with Gasteiger partial charge < -0.3 is 5.73 Å². The lowest BCUT2D eigenvalue weighted by Crippen LogP contribution is -2.02. The van der Waals surface area contributed by atoms with Crippen LogP contribution >= 0.6 is 0 Å². The van der Waals surface area contributed by atoms with Gasteiger partial charge in [-0.3, -0.25) is 0 Å². The third-order valence-electron chi connectivity index (χ3n) is 3.69. The first-order chi connectivity index (χ1) is 12.6. The molecule has 0 aliphatic rings. The Labute approximate surface area is 147 Å². The Morgan fingerprint density at radius 1 is 1.08 bits per heavy atom. The van der Waals surface area contributed by atoms with Crippen molar-refractivity contribution in [3.8, 4) is 17.8 Å². The Bertz CT molecular complexity index is 1090. The van der Waals surface area contributed by atoms with Crippen molar-refractivity contribution >= 4 is 17.5 Å². The second-order valence-corrected chi connectivity index (χ2v) is 5.28. The van der Waals surface area contributed by atoms with E-state index < -0.39 is 11.6 Å². The molecular formula is C19H11F2N5. The molecule has 0 atom stereocenters. The molecular weight excluding hydrogens is 336 g/mol. The number of hydrogen-bond acceptors (Lipinski definition) is 4. The van der Waals surface area contributed by atoms with Gasteiger partial charge in [-0.05, 0) is 24.3 Å². The van der Waals surface area contributed by atoms with E-state index in [1.54, 1.807) is 24.3 Å². The maximum atomic E-state index is 13.9. The van der Waals surface area contributed by atoms with E-state index in [-0.39, 0.29) is 28.2 Å². The van der Waals surface area contributed by atoms with E-state index in [1.807, 2.05) is 18.2 Å². The predicted molar refractivity (Wildman–Crippen MR) is 92.5 cm³/mol. The largest absolute Gasteiger partial charge is 0.382 e. The number of nitrogen functional groups attached to an aromatic ring is 1. The number of nitrogens with zero attached hydrogens (tertiary/aromatic N) is 4. The molecule has 0 spiro atoms. The van der Waals surface area contributed by atoms with Crippen LogP contribution < -0.4 is 5.73 Å². The van der Waals surface area contributed by atoms with Crippen LogP contribution in [0, 0.1) is 34.3 Å². The second kappa shape index (κ2) is 6.88. The van der Waals surface area contributed by atoms with E-state index >= 15 is 0 Å². The molecule has 3 rings (SSSR count). The number of allylic oxidation sites excluding steroid dienone is 1. The number of anilines is 1. The summed E-state index contributed by atoms with van der Waals surface area (Å²) in [5, 5.41) is 23.1. The van der Waals surface area contributed by atoms with Crippen molar-refractivity contribution < 1.29 is 8.78 Å². The zero-order valence-electron chi connectivity index (χ0n) is 13.3. The number of benzene rings is 2. The zero-order valence-corrected chi connectivity index (χ0v) is 13.3. The van der Waals surface area contributed by atoms with Crippen molar-refractivity contribution in [2.24, 2.45) is 0 Å². The van der Waals surface area contributed by atoms with Gasteiger partial charge in [0, 0.05) is 5.56 Å². The molecule has 0 unspecified atom stereocenters. The minimum atomic E-state index is -1.09. The van der Waals surface area contributed by atoms with Crippen molar-refractivity contribution in [2.45, 2.75) is 0 Å². The first-order valence-electron chi connectivity index (χ1n) is 7.47. The number of para-hydroxylation sites is 1. The molecule has 0 bridgehead atoms. The highest BCUT2D eigenvalue weighted by molar-refractivity contribution is 5.91. The molecule has 0 amide bonds. The van der Waals surface area contributed by atoms with E-state index in [9.17, 15) is 19.3 Å². The molecule has 5 nitrogen and oxygen atoms in total. The quantitative estimate of drug-likeness (QED) is 0.732. The molecule has 2 aromatic carbocycles. The Hall–Kier alpha value is -3.97. The number of rotatable bonds is 3. The normalized spacial score (nSPS) is 11.0. The second-order valence-electron chi connectivity index (χ2n) is 5.28. The number of hydrogen-bond donors (Lipinski definition) is 1. The van der Waals surface area contributed by atoms with Crippen molar-refractivity contribution in [1.29, 1.82) is 10.5 Å². The van der Waals surface area contributed by atoms with Crippen LogP contribution in [0.1, 0.15) is 16.8 Å². The topological polar surface area (TPSA) is 91.4 Å². The lowest BCUT2D eigenvalue weighted by Gasteiger charge is -2.02. The molecule has 0 fully saturated rings. The van der Waals surface area contributed by atoms with E-state index in [2.05, 4.69) is 5.10 Å². The highest BCUT2D eigenvalue weighted by Crippen LogP contribution is 2.27. The Balaban J connectivity index is 2.19. The van der Waals surface area contributed by atoms with Gasteiger partial charge in [-0.2, -0.15) is 15.6 Å². The lowest BCUT2D eigenvalue weighted by molar-refractivity contribution is 0.507. The molecule has 2 N–H and O–H groups in total. The van der Waals surface area contributed by atoms with Crippen LogP contribution in [-0.4, -0.2) is 9.78 Å². The lowest BCUT2D eigenvalue weighted by atomic mass is 10.1. The van der Waals surface area contributed by atoms with E-state index in [4.69, 9.17) is 5.73 Å². The predicted octanol–water partition coefficient (Wildman–Crippen LogP) is 3.67. The maximum Gasteiger partial charge on any atom is 0.166 e. The molecule has 1 aromatic heterocycles. The zero-order chi connectivity index (χ0) is 18.7. The van der Waals surface area contributed by atoms with Gasteiger partial charge in [0.05, 0.1) is 11.3 Å². The third-order valence-corrected chi connectivity index (χ3v) is 3.69. The van der Waals surface area contributed by atoms with Gasteiger partial charge in [0.15, 0.2) is 11.6 Å². The van der Waals surface area contributed by atoms with Crippen LogP contribution in [0.5, 0.6) is 0 Å². The summed E-state index contributed by atoms with van der Waals surface area (Å²) in [7, 11) is 0. The first kappa shape index (κ1) is 16.9. The average Bonchev–Trinajstić information content (AvgIpc) is 3.00. The van der Waals surface area contributed by atoms with Gasteiger partial charge in [0.1, 0.15) is 29.2 Å². The van der Waals surface area contributed by atoms with Gasteiger partial charge in [-0.15, -0.1) is 0 Å². The van der Waals surface area contributed by atoms with Crippen LogP contribution in [-0.2, 0) is 0 Å². The van der Waals surface area contributed by atoms with Crippen LogP contribution in [0.2, 0.25) is 0 Å². The summed E-state index contributed by atoms with van der Waals surface area (Å²) in [6, 6.07) is 16.2.